The van der Waals surface area contributed by atoms with Gasteiger partial charge in [0.05, 0.1) is 16.2 Å². The second-order valence-corrected chi connectivity index (χ2v) is 7.67. The van der Waals surface area contributed by atoms with Crippen LogP contribution in [0, 0.1) is 0 Å². The minimum absolute atomic E-state index is 0.0367. The van der Waals surface area contributed by atoms with Crippen LogP contribution in [0.25, 0.3) is 11.5 Å². The van der Waals surface area contributed by atoms with Gasteiger partial charge in [0.25, 0.3) is 0 Å². The Morgan fingerprint density at radius 3 is 2.26 bits per heavy atom. The minimum atomic E-state index is -4.53. The maximum Gasteiger partial charge on any atom is 0.432 e. The van der Waals surface area contributed by atoms with Gasteiger partial charge in [0.15, 0.2) is 5.82 Å². The monoisotopic (exact) mass is 507 g/mol. The summed E-state index contributed by atoms with van der Waals surface area (Å²) in [6.45, 7) is 0. The first-order chi connectivity index (χ1) is 16.2. The largest absolute Gasteiger partial charge is 0.457 e. The zero-order chi connectivity index (χ0) is 24.3. The molecule has 0 aliphatic heterocycles. The van der Waals surface area contributed by atoms with E-state index in [0.717, 1.165) is 0 Å². The van der Waals surface area contributed by atoms with Gasteiger partial charge in [0.1, 0.15) is 22.9 Å². The fraction of sp³-hybridized carbons (Fsp3) is 0.0455. The van der Waals surface area contributed by atoms with Crippen LogP contribution in [0.1, 0.15) is 5.69 Å². The van der Waals surface area contributed by atoms with Crippen molar-refractivity contribution >= 4 is 40.6 Å². The molecule has 2 aromatic carbocycles. The standard InChI is InChI=1S/C22H14Cl2F3N5O2/c23-16-6-3-13(9-17(16)24)31-21(33)30-12-1-4-14(5-2-12)34-15-7-8-28-18(10-15)20-29-11-19(32-20)22(25,26)27/h1-11H,(H,29,32)(H2,30,31,33). The molecule has 2 amide bonds. The molecular formula is C22H14Cl2F3N5O2. The molecule has 12 heteroatoms. The van der Waals surface area contributed by atoms with Crippen LogP contribution in [0.4, 0.5) is 29.3 Å². The first kappa shape index (κ1) is 23.4. The molecule has 0 atom stereocenters. The van der Waals surface area contributed by atoms with E-state index < -0.39 is 17.9 Å². The van der Waals surface area contributed by atoms with E-state index >= 15 is 0 Å². The van der Waals surface area contributed by atoms with Gasteiger partial charge >= 0.3 is 12.2 Å². The zero-order valence-electron chi connectivity index (χ0n) is 17.0. The summed E-state index contributed by atoms with van der Waals surface area (Å²) < 4.78 is 44.1. The van der Waals surface area contributed by atoms with Crippen LogP contribution in [0.5, 0.6) is 11.5 Å². The van der Waals surface area contributed by atoms with Crippen molar-refractivity contribution in [2.75, 3.05) is 10.6 Å². The highest BCUT2D eigenvalue weighted by Gasteiger charge is 2.33. The summed E-state index contributed by atoms with van der Waals surface area (Å²) in [5, 5.41) is 5.99. The number of carbonyl (C=O) groups is 1. The Kier molecular flexibility index (Phi) is 6.62. The number of aromatic amines is 1. The zero-order valence-corrected chi connectivity index (χ0v) is 18.5. The minimum Gasteiger partial charge on any atom is -0.457 e. The van der Waals surface area contributed by atoms with Crippen LogP contribution in [-0.2, 0) is 6.18 Å². The number of hydrogen-bond donors (Lipinski definition) is 3. The number of H-pyrrole nitrogens is 1. The van der Waals surface area contributed by atoms with Crippen LogP contribution in [0.3, 0.4) is 0 Å². The Bertz CT molecular complexity index is 1330. The van der Waals surface area contributed by atoms with Crippen molar-refractivity contribution in [3.63, 3.8) is 0 Å². The van der Waals surface area contributed by atoms with Crippen molar-refractivity contribution in [2.45, 2.75) is 6.18 Å². The third-order valence-corrected chi connectivity index (χ3v) is 5.12. The average molecular weight is 508 g/mol. The van der Waals surface area contributed by atoms with Crippen molar-refractivity contribution in [3.8, 4) is 23.0 Å². The van der Waals surface area contributed by atoms with Crippen molar-refractivity contribution in [3.05, 3.63) is 82.7 Å². The summed E-state index contributed by atoms with van der Waals surface area (Å²) in [6.07, 6.45) is -2.44. The molecular weight excluding hydrogens is 494 g/mol. The number of anilines is 2. The van der Waals surface area contributed by atoms with Crippen LogP contribution in [-0.4, -0.2) is 21.0 Å². The molecule has 0 aliphatic rings. The van der Waals surface area contributed by atoms with E-state index in [0.29, 0.717) is 39.1 Å². The number of alkyl halides is 3. The number of urea groups is 1. The summed E-state index contributed by atoms with van der Waals surface area (Å²) in [6, 6.07) is 13.7. The van der Waals surface area contributed by atoms with Crippen LogP contribution in [0.15, 0.2) is 67.0 Å². The fourth-order valence-electron chi connectivity index (χ4n) is 2.81. The van der Waals surface area contributed by atoms with E-state index in [4.69, 9.17) is 27.9 Å². The Morgan fingerprint density at radius 2 is 1.59 bits per heavy atom. The Hall–Kier alpha value is -3.76. The molecule has 0 unspecified atom stereocenters. The number of pyridine rings is 1. The van der Waals surface area contributed by atoms with Gasteiger partial charge in [-0.2, -0.15) is 13.2 Å². The van der Waals surface area contributed by atoms with E-state index in [1.54, 1.807) is 42.5 Å². The number of nitrogens with one attached hydrogen (secondary N) is 3. The van der Waals surface area contributed by atoms with E-state index in [1.807, 2.05) is 0 Å². The van der Waals surface area contributed by atoms with Crippen molar-refractivity contribution in [1.29, 1.82) is 0 Å². The van der Waals surface area contributed by atoms with E-state index in [9.17, 15) is 18.0 Å². The Morgan fingerprint density at radius 1 is 0.882 bits per heavy atom. The number of carbonyl (C=O) groups excluding carboxylic acids is 1. The number of ether oxygens (including phenoxy) is 1. The van der Waals surface area contributed by atoms with Gasteiger partial charge in [0, 0.05) is 23.6 Å². The molecule has 0 fully saturated rings. The number of nitrogens with zero attached hydrogens (tertiary/aromatic N) is 2. The Labute approximate surface area is 200 Å². The third-order valence-electron chi connectivity index (χ3n) is 4.38. The smallest absolute Gasteiger partial charge is 0.432 e. The van der Waals surface area contributed by atoms with Crippen molar-refractivity contribution in [2.24, 2.45) is 0 Å². The highest BCUT2D eigenvalue weighted by molar-refractivity contribution is 6.42. The lowest BCUT2D eigenvalue weighted by molar-refractivity contribution is -0.140. The molecule has 0 radical (unpaired) electrons. The summed E-state index contributed by atoms with van der Waals surface area (Å²) in [5.74, 6) is 0.737. The molecule has 2 heterocycles. The molecule has 0 spiro atoms. The SMILES string of the molecule is O=C(Nc1ccc(Oc2ccnc(-c3ncc(C(F)(F)F)[nH]3)c2)cc1)Nc1ccc(Cl)c(Cl)c1. The molecule has 174 valence electrons. The molecule has 0 bridgehead atoms. The molecule has 4 rings (SSSR count). The van der Waals surface area contributed by atoms with Crippen molar-refractivity contribution < 1.29 is 22.7 Å². The molecule has 3 N–H and O–H groups in total. The third kappa shape index (κ3) is 5.77. The van der Waals surface area contributed by atoms with Crippen LogP contribution in [0.2, 0.25) is 10.0 Å². The van der Waals surface area contributed by atoms with Gasteiger partial charge in [-0.1, -0.05) is 23.2 Å². The molecule has 2 aromatic heterocycles. The van der Waals surface area contributed by atoms with Gasteiger partial charge in [-0.15, -0.1) is 0 Å². The molecule has 7 nitrogen and oxygen atoms in total. The first-order valence-corrected chi connectivity index (χ1v) is 10.3. The number of imidazole rings is 1. The van der Waals surface area contributed by atoms with E-state index in [1.165, 1.54) is 18.3 Å². The number of aromatic nitrogens is 3. The normalized spacial score (nSPS) is 11.2. The predicted octanol–water partition coefficient (Wildman–Crippen LogP) is 7.23. The first-order valence-electron chi connectivity index (χ1n) is 9.57. The molecule has 34 heavy (non-hydrogen) atoms. The van der Waals surface area contributed by atoms with Gasteiger partial charge in [-0.05, 0) is 48.5 Å². The highest BCUT2D eigenvalue weighted by Crippen LogP contribution is 2.30. The fourth-order valence-corrected chi connectivity index (χ4v) is 3.11. The van der Waals surface area contributed by atoms with Crippen LogP contribution >= 0.6 is 23.2 Å². The van der Waals surface area contributed by atoms with Crippen LogP contribution < -0.4 is 15.4 Å². The van der Waals surface area contributed by atoms with Gasteiger partial charge in [-0.3, -0.25) is 4.98 Å². The number of amides is 2. The molecule has 0 saturated carbocycles. The molecule has 0 aliphatic carbocycles. The number of hydrogen-bond acceptors (Lipinski definition) is 4. The summed E-state index contributed by atoms with van der Waals surface area (Å²) in [4.78, 5) is 22.1. The average Bonchev–Trinajstić information content (AvgIpc) is 3.29. The maximum atomic E-state index is 12.8. The lowest BCUT2D eigenvalue weighted by Gasteiger charge is -2.10. The summed E-state index contributed by atoms with van der Waals surface area (Å²) in [7, 11) is 0. The number of rotatable bonds is 5. The topological polar surface area (TPSA) is 91.9 Å². The van der Waals surface area contributed by atoms with Crippen molar-refractivity contribution in [1.82, 2.24) is 15.0 Å². The number of benzene rings is 2. The number of halogens is 5. The predicted molar refractivity (Wildman–Crippen MR) is 122 cm³/mol. The maximum absolute atomic E-state index is 12.8. The Balaban J connectivity index is 1.39. The molecule has 0 saturated heterocycles. The second-order valence-electron chi connectivity index (χ2n) is 6.85. The van der Waals surface area contributed by atoms with Gasteiger partial charge in [0.2, 0.25) is 0 Å². The van der Waals surface area contributed by atoms with Gasteiger partial charge < -0.3 is 20.4 Å². The molecule has 4 aromatic rings. The quantitative estimate of drug-likeness (QED) is 0.265. The lowest BCUT2D eigenvalue weighted by Crippen LogP contribution is -2.19. The van der Waals surface area contributed by atoms with Gasteiger partial charge in [-0.25, -0.2) is 9.78 Å². The lowest BCUT2D eigenvalue weighted by atomic mass is 10.3. The highest BCUT2D eigenvalue weighted by atomic mass is 35.5. The van der Waals surface area contributed by atoms with E-state index in [-0.39, 0.29) is 11.5 Å². The summed E-state index contributed by atoms with van der Waals surface area (Å²) in [5.41, 5.74) is 0.182. The summed E-state index contributed by atoms with van der Waals surface area (Å²) >= 11 is 11.8. The van der Waals surface area contributed by atoms with E-state index in [2.05, 4.69) is 25.6 Å². The second kappa shape index (κ2) is 9.62.